The van der Waals surface area contributed by atoms with Crippen molar-refractivity contribution in [2.24, 2.45) is 0 Å². The molecule has 1 heterocycles. The summed E-state index contributed by atoms with van der Waals surface area (Å²) >= 11 is 0. The molecule has 2 aromatic rings. The second-order valence-electron chi connectivity index (χ2n) is 7.95. The molecule has 1 aliphatic carbocycles. The number of nitrogens with zero attached hydrogens (tertiary/aromatic N) is 1. The molecule has 0 saturated carbocycles. The molecule has 0 radical (unpaired) electrons. The van der Waals surface area contributed by atoms with Crippen LogP contribution in [0.25, 0.3) is 5.57 Å². The molecular weight excluding hydrogens is 368 g/mol. The fourth-order valence-corrected chi connectivity index (χ4v) is 4.46. The Hall–Kier alpha value is -2.62. The minimum atomic E-state index is 0.462. The number of allylic oxidation sites excluding steroid dienone is 3. The molecule has 0 bridgehead atoms. The van der Waals surface area contributed by atoms with E-state index in [9.17, 15) is 0 Å². The van der Waals surface area contributed by atoms with E-state index >= 15 is 0 Å². The lowest BCUT2D eigenvalue weighted by atomic mass is 9.90. The van der Waals surface area contributed by atoms with Gasteiger partial charge in [-0.15, -0.1) is 0 Å². The van der Waals surface area contributed by atoms with Crippen molar-refractivity contribution < 1.29 is 9.64 Å². The van der Waals surface area contributed by atoms with Crippen molar-refractivity contribution in [3.05, 3.63) is 95.6 Å². The van der Waals surface area contributed by atoms with Gasteiger partial charge in [-0.2, -0.15) is 0 Å². The molecule has 3 heteroatoms. The van der Waals surface area contributed by atoms with Crippen LogP contribution in [0.3, 0.4) is 0 Å². The van der Waals surface area contributed by atoms with Gasteiger partial charge >= 0.3 is 0 Å². The molecule has 0 unspecified atom stereocenters. The Morgan fingerprint density at radius 1 is 0.867 bits per heavy atom. The lowest BCUT2D eigenvalue weighted by Crippen LogP contribution is -3.14. The van der Waals surface area contributed by atoms with Gasteiger partial charge in [-0.25, -0.2) is 0 Å². The molecule has 0 atom stereocenters. The van der Waals surface area contributed by atoms with Gasteiger partial charge in [0.2, 0.25) is 0 Å². The van der Waals surface area contributed by atoms with E-state index in [4.69, 9.17) is 4.74 Å². The van der Waals surface area contributed by atoms with E-state index in [-0.39, 0.29) is 0 Å². The Morgan fingerprint density at radius 3 is 2.07 bits per heavy atom. The topological polar surface area (TPSA) is 16.9 Å². The summed E-state index contributed by atoms with van der Waals surface area (Å²) in [5.74, 6) is 0. The highest BCUT2D eigenvalue weighted by molar-refractivity contribution is 5.86. The van der Waals surface area contributed by atoms with Gasteiger partial charge in [0.15, 0.2) is 0 Å². The normalized spacial score (nSPS) is 18.8. The first-order valence-electron chi connectivity index (χ1n) is 11.2. The number of rotatable bonds is 6. The number of nitrogens with one attached hydrogen (secondary N) is 1. The van der Waals surface area contributed by atoms with Crippen LogP contribution in [0.15, 0.2) is 84.5 Å². The Kier molecular flexibility index (Phi) is 6.83. The van der Waals surface area contributed by atoms with E-state index in [0.717, 1.165) is 39.4 Å². The summed E-state index contributed by atoms with van der Waals surface area (Å²) in [6.45, 7) is 10.4. The van der Waals surface area contributed by atoms with Crippen molar-refractivity contribution in [1.29, 1.82) is 0 Å². The molecule has 156 valence electrons. The average Bonchev–Trinajstić information content (AvgIpc) is 2.83. The van der Waals surface area contributed by atoms with Crippen LogP contribution < -0.4 is 9.80 Å². The number of morpholine rings is 1. The van der Waals surface area contributed by atoms with Crippen molar-refractivity contribution in [3.8, 4) is 0 Å². The predicted molar refractivity (Wildman–Crippen MR) is 126 cm³/mol. The van der Waals surface area contributed by atoms with Gasteiger partial charge in [0.05, 0.1) is 26.3 Å². The zero-order chi connectivity index (χ0) is 20.8. The average molecular weight is 402 g/mol. The number of hydrogen-bond donors (Lipinski definition) is 1. The third-order valence-corrected chi connectivity index (χ3v) is 6.23. The summed E-state index contributed by atoms with van der Waals surface area (Å²) in [5, 5.41) is 0. The zero-order valence-electron chi connectivity index (χ0n) is 18.2. The molecule has 3 nitrogen and oxygen atoms in total. The van der Waals surface area contributed by atoms with E-state index in [1.807, 2.05) is 0 Å². The molecule has 0 aromatic heterocycles. The van der Waals surface area contributed by atoms with Crippen LogP contribution in [0.1, 0.15) is 25.0 Å². The molecule has 1 fully saturated rings. The number of benzene rings is 2. The lowest BCUT2D eigenvalue weighted by Gasteiger charge is -2.29. The van der Waals surface area contributed by atoms with E-state index in [2.05, 4.69) is 97.6 Å². The second-order valence-corrected chi connectivity index (χ2v) is 7.95. The molecule has 30 heavy (non-hydrogen) atoms. The zero-order valence-corrected chi connectivity index (χ0v) is 18.2. The Labute approximate surface area is 181 Å². The molecule has 0 amide bonds. The molecule has 4 rings (SSSR count). The Balaban J connectivity index is 1.67. The van der Waals surface area contributed by atoms with Crippen molar-refractivity contribution in [2.45, 2.75) is 19.9 Å². The van der Waals surface area contributed by atoms with Crippen molar-refractivity contribution in [1.82, 2.24) is 0 Å². The summed E-state index contributed by atoms with van der Waals surface area (Å²) in [6.07, 6.45) is 9.35. The molecule has 0 spiro atoms. The van der Waals surface area contributed by atoms with Gasteiger partial charge in [0.1, 0.15) is 6.04 Å². The van der Waals surface area contributed by atoms with Gasteiger partial charge in [-0.1, -0.05) is 54.6 Å². The number of hydrogen-bond acceptors (Lipinski definition) is 2. The minimum absolute atomic E-state index is 0.462. The number of ether oxygens (including phenoxy) is 1. The SMILES string of the molecule is CC[NH+](CC)C1C=CC(=C(c2ccccc2)c2ccc(N3CCOCC3)cc2)C=C1. The quantitative estimate of drug-likeness (QED) is 0.794. The van der Waals surface area contributed by atoms with Crippen molar-refractivity contribution in [2.75, 3.05) is 44.3 Å². The maximum Gasteiger partial charge on any atom is 0.125 e. The standard InChI is InChI=1S/C27H32N2O/c1-3-28(4-2)25-14-10-23(11-15-25)27(22-8-6-5-7-9-22)24-12-16-26(17-13-24)29-18-20-30-21-19-29/h5-17,25H,3-4,18-21H2,1-2H3/p+1. The predicted octanol–water partition coefficient (Wildman–Crippen LogP) is 3.74. The smallest absolute Gasteiger partial charge is 0.125 e. The van der Waals surface area contributed by atoms with Crippen LogP contribution in [0.5, 0.6) is 0 Å². The van der Waals surface area contributed by atoms with Crippen LogP contribution in [0.2, 0.25) is 0 Å². The summed E-state index contributed by atoms with van der Waals surface area (Å²) in [5.41, 5.74) is 6.37. The maximum atomic E-state index is 5.50. The molecule has 2 aliphatic rings. The summed E-state index contributed by atoms with van der Waals surface area (Å²) in [6, 6.07) is 20.3. The van der Waals surface area contributed by atoms with Crippen LogP contribution in [0.4, 0.5) is 5.69 Å². The van der Waals surface area contributed by atoms with Gasteiger partial charge in [-0.05, 0) is 60.4 Å². The molecular formula is C27H33N2O+. The maximum absolute atomic E-state index is 5.50. The van der Waals surface area contributed by atoms with Crippen LogP contribution >= 0.6 is 0 Å². The highest BCUT2D eigenvalue weighted by Crippen LogP contribution is 2.31. The Bertz CT molecular complexity index is 886. The van der Waals surface area contributed by atoms with Gasteiger partial charge in [0, 0.05) is 18.8 Å². The Morgan fingerprint density at radius 2 is 1.47 bits per heavy atom. The van der Waals surface area contributed by atoms with Crippen LogP contribution in [0, 0.1) is 0 Å². The van der Waals surface area contributed by atoms with E-state index < -0.39 is 0 Å². The van der Waals surface area contributed by atoms with Crippen molar-refractivity contribution >= 4 is 11.3 Å². The van der Waals surface area contributed by atoms with E-state index in [1.165, 1.54) is 28.0 Å². The van der Waals surface area contributed by atoms with Crippen molar-refractivity contribution in [3.63, 3.8) is 0 Å². The molecule has 1 N–H and O–H groups in total. The van der Waals surface area contributed by atoms with Crippen LogP contribution in [-0.4, -0.2) is 45.4 Å². The molecule has 1 saturated heterocycles. The first kappa shape index (κ1) is 20.6. The largest absolute Gasteiger partial charge is 0.378 e. The van der Waals surface area contributed by atoms with Gasteiger partial charge < -0.3 is 14.5 Å². The van der Waals surface area contributed by atoms with E-state index in [0.29, 0.717) is 6.04 Å². The van der Waals surface area contributed by atoms with E-state index in [1.54, 1.807) is 4.90 Å². The molecule has 1 aliphatic heterocycles. The fourth-order valence-electron chi connectivity index (χ4n) is 4.46. The third kappa shape index (κ3) is 4.58. The first-order valence-corrected chi connectivity index (χ1v) is 11.2. The fraction of sp³-hybridized carbons (Fsp3) is 0.333. The molecule has 2 aromatic carbocycles. The highest BCUT2D eigenvalue weighted by atomic mass is 16.5. The lowest BCUT2D eigenvalue weighted by molar-refractivity contribution is -0.908. The third-order valence-electron chi connectivity index (χ3n) is 6.23. The summed E-state index contributed by atoms with van der Waals surface area (Å²) in [4.78, 5) is 4.00. The number of likely N-dealkylation sites (N-methyl/N-ethyl adjacent to an activating group) is 1. The summed E-state index contributed by atoms with van der Waals surface area (Å²) in [7, 11) is 0. The first-order chi connectivity index (χ1) is 14.8. The van der Waals surface area contributed by atoms with Gasteiger partial charge in [0.25, 0.3) is 0 Å². The number of quaternary nitrogens is 1. The van der Waals surface area contributed by atoms with Crippen LogP contribution in [-0.2, 0) is 4.74 Å². The van der Waals surface area contributed by atoms with Gasteiger partial charge in [-0.3, -0.25) is 0 Å². The number of anilines is 1. The monoisotopic (exact) mass is 401 g/mol. The summed E-state index contributed by atoms with van der Waals surface area (Å²) < 4.78 is 5.50. The second kappa shape index (κ2) is 9.92. The highest BCUT2D eigenvalue weighted by Gasteiger charge is 2.18. The minimum Gasteiger partial charge on any atom is -0.378 e.